The van der Waals surface area contributed by atoms with Gasteiger partial charge in [0, 0.05) is 44.3 Å². The van der Waals surface area contributed by atoms with Crippen LogP contribution in [0.3, 0.4) is 0 Å². The van der Waals surface area contributed by atoms with Gasteiger partial charge in [0.25, 0.3) is 5.91 Å². The minimum absolute atomic E-state index is 0.0703. The van der Waals surface area contributed by atoms with Gasteiger partial charge in [-0.15, -0.1) is 0 Å². The minimum Gasteiger partial charge on any atom is -0.496 e. The maximum atomic E-state index is 13.1. The Morgan fingerprint density at radius 2 is 1.87 bits per heavy atom. The third kappa shape index (κ3) is 5.82. The van der Waals surface area contributed by atoms with Crippen molar-refractivity contribution < 1.29 is 14.3 Å². The van der Waals surface area contributed by atoms with Crippen LogP contribution in [0.25, 0.3) is 0 Å². The lowest BCUT2D eigenvalue weighted by Gasteiger charge is -2.32. The SMILES string of the molecule is C=C(/C=C\C=C(/C)C(=N)N1C(=N)CCC1C)NC(=O)c1cc2c(cc1OC)CCN(C(=O)N1CCCC1)C2. The third-order valence-electron chi connectivity index (χ3n) is 7.49. The number of amides is 3. The highest BCUT2D eigenvalue weighted by atomic mass is 16.5. The van der Waals surface area contributed by atoms with Gasteiger partial charge in [-0.25, -0.2) is 4.79 Å². The number of methoxy groups -OCH3 is 1. The van der Waals surface area contributed by atoms with Gasteiger partial charge >= 0.3 is 6.03 Å². The summed E-state index contributed by atoms with van der Waals surface area (Å²) in [7, 11) is 1.54. The van der Waals surface area contributed by atoms with Crippen molar-refractivity contribution in [2.45, 2.75) is 58.5 Å². The number of amidine groups is 2. The summed E-state index contributed by atoms with van der Waals surface area (Å²) in [6, 6.07) is 3.94. The molecular weight excluding hydrogens is 480 g/mol. The highest BCUT2D eigenvalue weighted by Gasteiger charge is 2.29. The Morgan fingerprint density at radius 1 is 1.13 bits per heavy atom. The molecule has 3 N–H and O–H groups in total. The summed E-state index contributed by atoms with van der Waals surface area (Å²) in [6.45, 7) is 10.5. The fourth-order valence-electron chi connectivity index (χ4n) is 5.25. The topological polar surface area (TPSA) is 113 Å². The van der Waals surface area contributed by atoms with E-state index in [1.165, 1.54) is 0 Å². The summed E-state index contributed by atoms with van der Waals surface area (Å²) >= 11 is 0. The molecule has 202 valence electrons. The van der Waals surface area contributed by atoms with Gasteiger partial charge in [-0.1, -0.05) is 18.7 Å². The second-order valence-corrected chi connectivity index (χ2v) is 10.2. The maximum absolute atomic E-state index is 13.1. The molecule has 1 aromatic rings. The van der Waals surface area contributed by atoms with E-state index in [4.69, 9.17) is 15.6 Å². The van der Waals surface area contributed by atoms with Crippen LogP contribution in [0.4, 0.5) is 4.79 Å². The maximum Gasteiger partial charge on any atom is 0.320 e. The Morgan fingerprint density at radius 3 is 2.53 bits per heavy atom. The quantitative estimate of drug-likeness (QED) is 0.293. The highest BCUT2D eigenvalue weighted by Crippen LogP contribution is 2.29. The molecule has 0 radical (unpaired) electrons. The molecule has 0 bridgehead atoms. The normalized spacial score (nSPS) is 19.7. The van der Waals surface area contributed by atoms with E-state index in [-0.39, 0.29) is 18.0 Å². The van der Waals surface area contributed by atoms with Crippen LogP contribution in [0.5, 0.6) is 5.75 Å². The summed E-state index contributed by atoms with van der Waals surface area (Å²) < 4.78 is 5.52. The van der Waals surface area contributed by atoms with Gasteiger partial charge in [-0.3, -0.25) is 15.6 Å². The fourth-order valence-corrected chi connectivity index (χ4v) is 5.25. The third-order valence-corrected chi connectivity index (χ3v) is 7.49. The Balaban J connectivity index is 1.41. The molecular formula is C29H38N6O3. The Hall–Kier alpha value is -3.88. The van der Waals surface area contributed by atoms with Gasteiger partial charge in [0.05, 0.1) is 12.7 Å². The zero-order chi connectivity index (χ0) is 27.4. The second kappa shape index (κ2) is 11.7. The Labute approximate surface area is 224 Å². The average molecular weight is 519 g/mol. The van der Waals surface area contributed by atoms with E-state index in [1.54, 1.807) is 30.2 Å². The summed E-state index contributed by atoms with van der Waals surface area (Å²) in [4.78, 5) is 31.6. The molecule has 1 atom stereocenters. The van der Waals surface area contributed by atoms with Crippen molar-refractivity contribution in [3.8, 4) is 5.75 Å². The molecule has 0 aliphatic carbocycles. The first-order chi connectivity index (χ1) is 18.2. The molecule has 3 aliphatic rings. The molecule has 9 nitrogen and oxygen atoms in total. The largest absolute Gasteiger partial charge is 0.496 e. The highest BCUT2D eigenvalue weighted by molar-refractivity contribution is 6.07. The lowest BCUT2D eigenvalue weighted by atomic mass is 9.96. The van der Waals surface area contributed by atoms with Crippen molar-refractivity contribution in [1.29, 1.82) is 10.8 Å². The lowest BCUT2D eigenvalue weighted by Crippen LogP contribution is -2.44. The van der Waals surface area contributed by atoms with E-state index >= 15 is 0 Å². The molecule has 1 unspecified atom stereocenters. The molecule has 0 saturated carbocycles. The zero-order valence-corrected chi connectivity index (χ0v) is 22.6. The number of rotatable bonds is 6. The average Bonchev–Trinajstić information content (AvgIpc) is 3.56. The van der Waals surface area contributed by atoms with Crippen molar-refractivity contribution in [2.75, 3.05) is 26.7 Å². The van der Waals surface area contributed by atoms with Crippen molar-refractivity contribution in [3.63, 3.8) is 0 Å². The first-order valence-electron chi connectivity index (χ1n) is 13.2. The zero-order valence-electron chi connectivity index (χ0n) is 22.6. The molecule has 3 amide bonds. The van der Waals surface area contributed by atoms with E-state index in [0.29, 0.717) is 48.2 Å². The number of urea groups is 1. The molecule has 0 aromatic heterocycles. The van der Waals surface area contributed by atoms with Crippen molar-refractivity contribution in [3.05, 3.63) is 64.9 Å². The van der Waals surface area contributed by atoms with Crippen LogP contribution in [-0.2, 0) is 13.0 Å². The number of hydrogen-bond acceptors (Lipinski definition) is 5. The Bertz CT molecular complexity index is 1210. The summed E-state index contributed by atoms with van der Waals surface area (Å²) in [5, 5.41) is 19.3. The lowest BCUT2D eigenvalue weighted by molar-refractivity contribution is 0.0964. The second-order valence-electron chi connectivity index (χ2n) is 10.2. The molecule has 3 aliphatic heterocycles. The first-order valence-corrected chi connectivity index (χ1v) is 13.2. The van der Waals surface area contributed by atoms with E-state index in [9.17, 15) is 9.59 Å². The number of benzene rings is 1. The number of allylic oxidation sites excluding steroid dienone is 3. The minimum atomic E-state index is -0.338. The first kappa shape index (κ1) is 27.2. The summed E-state index contributed by atoms with van der Waals surface area (Å²) in [6.07, 6.45) is 9.59. The number of nitrogens with one attached hydrogen (secondary N) is 3. The van der Waals surface area contributed by atoms with Crippen molar-refractivity contribution in [2.24, 2.45) is 0 Å². The van der Waals surface area contributed by atoms with Gasteiger partial charge in [-0.2, -0.15) is 0 Å². The van der Waals surface area contributed by atoms with E-state index < -0.39 is 0 Å². The summed E-state index contributed by atoms with van der Waals surface area (Å²) in [5.41, 5.74) is 3.56. The monoisotopic (exact) mass is 518 g/mol. The van der Waals surface area contributed by atoms with E-state index in [0.717, 1.165) is 55.5 Å². The number of fused-ring (bicyclic) bond motifs is 1. The molecule has 2 fully saturated rings. The van der Waals surface area contributed by atoms with Gasteiger partial charge < -0.3 is 24.8 Å². The van der Waals surface area contributed by atoms with Crippen LogP contribution < -0.4 is 10.1 Å². The molecule has 38 heavy (non-hydrogen) atoms. The predicted octanol–water partition coefficient (Wildman–Crippen LogP) is 4.45. The standard InChI is InChI=1S/C29H38N6O3/c1-19(27(31)35-21(3)10-11-26(35)30)8-7-9-20(2)32-28(36)24-16-23-18-34(29(37)33-13-5-6-14-33)15-12-22(23)17-25(24)38-4/h7-9,16-17,21,30-31H,2,5-6,10-15,18H2,1,3-4H3,(H,32,36)/b9-7-,19-8+,30-26?,31-27?. The van der Waals surface area contributed by atoms with Crippen molar-refractivity contribution >= 4 is 23.6 Å². The van der Waals surface area contributed by atoms with Crippen LogP contribution in [0, 0.1) is 10.8 Å². The van der Waals surface area contributed by atoms with Crippen LogP contribution >= 0.6 is 0 Å². The molecule has 2 saturated heterocycles. The molecule has 1 aromatic carbocycles. The van der Waals surface area contributed by atoms with Gasteiger partial charge in [0.15, 0.2) is 0 Å². The predicted molar refractivity (Wildman–Crippen MR) is 149 cm³/mol. The fraction of sp³-hybridized carbons (Fsp3) is 0.448. The van der Waals surface area contributed by atoms with Crippen LogP contribution in [0.15, 0.2) is 48.2 Å². The number of carbonyl (C=O) groups excluding carboxylic acids is 2. The van der Waals surface area contributed by atoms with E-state index in [2.05, 4.69) is 11.9 Å². The number of ether oxygens (including phenoxy) is 1. The number of hydrogen-bond donors (Lipinski definition) is 3. The number of likely N-dealkylation sites (tertiary alicyclic amines) is 2. The Kier molecular flexibility index (Phi) is 8.34. The molecule has 9 heteroatoms. The van der Waals surface area contributed by atoms with Gasteiger partial charge in [0.2, 0.25) is 0 Å². The molecule has 3 heterocycles. The van der Waals surface area contributed by atoms with Gasteiger partial charge in [0.1, 0.15) is 17.4 Å². The van der Waals surface area contributed by atoms with Gasteiger partial charge in [-0.05, 0) is 74.4 Å². The van der Waals surface area contributed by atoms with Crippen LogP contribution in [0.2, 0.25) is 0 Å². The molecule has 0 spiro atoms. The number of carbonyl (C=O) groups is 2. The summed E-state index contributed by atoms with van der Waals surface area (Å²) in [5.74, 6) is 0.938. The van der Waals surface area contributed by atoms with Crippen molar-refractivity contribution in [1.82, 2.24) is 20.0 Å². The smallest absolute Gasteiger partial charge is 0.320 e. The van der Waals surface area contributed by atoms with E-state index in [1.807, 2.05) is 35.8 Å². The van der Waals surface area contributed by atoms with Crippen LogP contribution in [-0.4, -0.2) is 71.1 Å². The molecule has 4 rings (SSSR count). The number of nitrogens with zero attached hydrogens (tertiary/aromatic N) is 3. The van der Waals surface area contributed by atoms with Crippen LogP contribution in [0.1, 0.15) is 61.0 Å².